The van der Waals surface area contributed by atoms with Gasteiger partial charge in [0, 0.05) is 26.6 Å². The Balaban J connectivity index is 1.66. The smallest absolute Gasteiger partial charge is 0.224 e. The van der Waals surface area contributed by atoms with Gasteiger partial charge in [-0.15, -0.1) is 10.2 Å². The van der Waals surface area contributed by atoms with Crippen LogP contribution in [0.5, 0.6) is 0 Å². The van der Waals surface area contributed by atoms with E-state index in [1.165, 1.54) is 23.5 Å². The van der Waals surface area contributed by atoms with E-state index in [2.05, 4.69) is 20.4 Å². The van der Waals surface area contributed by atoms with Crippen LogP contribution in [0.25, 0.3) is 0 Å². The molecule has 0 radical (unpaired) electrons. The number of carbonyl (C=O) groups is 1. The second kappa shape index (κ2) is 7.04. The molecule has 122 valence electrons. The van der Waals surface area contributed by atoms with Gasteiger partial charge in [-0.3, -0.25) is 4.79 Å². The molecule has 1 aliphatic rings. The molecule has 1 saturated heterocycles. The molecular formula is C16H19FN4OS. The fourth-order valence-corrected chi connectivity index (χ4v) is 3.70. The van der Waals surface area contributed by atoms with Crippen molar-refractivity contribution in [2.75, 3.05) is 25.0 Å². The Kier molecular flexibility index (Phi) is 4.85. The summed E-state index contributed by atoms with van der Waals surface area (Å²) in [6.07, 6.45) is 2.53. The number of rotatable bonds is 4. The second-order valence-corrected chi connectivity index (χ2v) is 6.72. The third kappa shape index (κ3) is 3.85. The number of carbonyl (C=O) groups excluding carboxylic acids is 1. The van der Waals surface area contributed by atoms with Gasteiger partial charge in [-0.05, 0) is 30.5 Å². The molecule has 2 heterocycles. The largest absolute Gasteiger partial charge is 0.359 e. The van der Waals surface area contributed by atoms with Gasteiger partial charge in [-0.2, -0.15) is 0 Å². The van der Waals surface area contributed by atoms with Crippen molar-refractivity contribution < 1.29 is 9.18 Å². The lowest BCUT2D eigenvalue weighted by molar-refractivity contribution is -0.124. The number of piperidine rings is 1. The van der Waals surface area contributed by atoms with Crippen molar-refractivity contribution >= 4 is 22.4 Å². The van der Waals surface area contributed by atoms with Crippen LogP contribution in [0.1, 0.15) is 23.4 Å². The van der Waals surface area contributed by atoms with Crippen molar-refractivity contribution in [3.8, 4) is 0 Å². The van der Waals surface area contributed by atoms with Gasteiger partial charge in [0.1, 0.15) is 10.8 Å². The fourth-order valence-electron chi connectivity index (χ4n) is 2.79. The topological polar surface area (TPSA) is 58.1 Å². The molecule has 1 aromatic carbocycles. The standard InChI is InChI=1S/C16H19FN4OS/c1-18-15(22)12-3-2-8-21(10-12)16-20-19-14(23-16)9-11-4-6-13(17)7-5-11/h4-7,12H,2-3,8-10H2,1H3,(H,18,22). The van der Waals surface area contributed by atoms with Crippen LogP contribution in [-0.4, -0.2) is 36.2 Å². The Morgan fingerprint density at radius 1 is 1.39 bits per heavy atom. The maximum atomic E-state index is 12.9. The fraction of sp³-hybridized carbons (Fsp3) is 0.438. The van der Waals surface area contributed by atoms with Crippen LogP contribution in [0, 0.1) is 11.7 Å². The number of aromatic nitrogens is 2. The van der Waals surface area contributed by atoms with E-state index >= 15 is 0 Å². The SMILES string of the molecule is CNC(=O)C1CCCN(c2nnc(Cc3ccc(F)cc3)s2)C1. The molecule has 1 fully saturated rings. The van der Waals surface area contributed by atoms with Crippen molar-refractivity contribution in [1.82, 2.24) is 15.5 Å². The van der Waals surface area contributed by atoms with Crippen LogP contribution in [0.15, 0.2) is 24.3 Å². The molecular weight excluding hydrogens is 315 g/mol. The van der Waals surface area contributed by atoms with Crippen LogP contribution in [0.4, 0.5) is 9.52 Å². The average Bonchev–Trinajstić information content (AvgIpc) is 3.05. The molecule has 0 saturated carbocycles. The highest BCUT2D eigenvalue weighted by Gasteiger charge is 2.26. The summed E-state index contributed by atoms with van der Waals surface area (Å²) in [6.45, 7) is 1.59. The highest BCUT2D eigenvalue weighted by atomic mass is 32.1. The number of anilines is 1. The summed E-state index contributed by atoms with van der Waals surface area (Å²) in [5.74, 6) is -0.135. The van der Waals surface area contributed by atoms with E-state index in [0.717, 1.165) is 35.1 Å². The number of amides is 1. The molecule has 1 aliphatic heterocycles. The van der Waals surface area contributed by atoms with E-state index in [1.807, 2.05) is 0 Å². The first-order valence-electron chi connectivity index (χ1n) is 7.69. The first-order chi connectivity index (χ1) is 11.2. The van der Waals surface area contributed by atoms with E-state index in [4.69, 9.17) is 0 Å². The Hall–Kier alpha value is -2.02. The lowest BCUT2D eigenvalue weighted by Crippen LogP contribution is -2.42. The number of hydrogen-bond donors (Lipinski definition) is 1. The lowest BCUT2D eigenvalue weighted by atomic mass is 9.98. The summed E-state index contributed by atoms with van der Waals surface area (Å²) in [5, 5.41) is 13.0. The van der Waals surface area contributed by atoms with Crippen LogP contribution in [0.2, 0.25) is 0 Å². The van der Waals surface area contributed by atoms with E-state index in [0.29, 0.717) is 13.0 Å². The van der Waals surface area contributed by atoms with Crippen molar-refractivity contribution in [3.05, 3.63) is 40.7 Å². The zero-order valence-corrected chi connectivity index (χ0v) is 13.8. The molecule has 7 heteroatoms. The minimum Gasteiger partial charge on any atom is -0.359 e. The third-order valence-corrected chi connectivity index (χ3v) is 5.02. The lowest BCUT2D eigenvalue weighted by Gasteiger charge is -2.31. The molecule has 0 aliphatic carbocycles. The summed E-state index contributed by atoms with van der Waals surface area (Å²) >= 11 is 1.54. The van der Waals surface area contributed by atoms with Gasteiger partial charge in [0.25, 0.3) is 0 Å². The minimum absolute atomic E-state index is 0.0122. The van der Waals surface area contributed by atoms with E-state index in [-0.39, 0.29) is 17.6 Å². The molecule has 3 rings (SSSR count). The first-order valence-corrected chi connectivity index (χ1v) is 8.50. The van der Waals surface area contributed by atoms with Crippen molar-refractivity contribution in [2.24, 2.45) is 5.92 Å². The molecule has 5 nitrogen and oxygen atoms in total. The van der Waals surface area contributed by atoms with E-state index in [9.17, 15) is 9.18 Å². The number of halogens is 1. The Labute approximate surface area is 138 Å². The number of hydrogen-bond acceptors (Lipinski definition) is 5. The van der Waals surface area contributed by atoms with Gasteiger partial charge < -0.3 is 10.2 Å². The maximum absolute atomic E-state index is 12.9. The first kappa shape index (κ1) is 15.9. The maximum Gasteiger partial charge on any atom is 0.224 e. The van der Waals surface area contributed by atoms with Crippen molar-refractivity contribution in [2.45, 2.75) is 19.3 Å². The van der Waals surface area contributed by atoms with Gasteiger partial charge in [0.15, 0.2) is 0 Å². The molecule has 1 unspecified atom stereocenters. The Morgan fingerprint density at radius 3 is 2.91 bits per heavy atom. The van der Waals surface area contributed by atoms with Crippen molar-refractivity contribution in [3.63, 3.8) is 0 Å². The summed E-state index contributed by atoms with van der Waals surface area (Å²) < 4.78 is 12.9. The predicted octanol–water partition coefficient (Wildman–Crippen LogP) is 2.23. The van der Waals surface area contributed by atoms with E-state index < -0.39 is 0 Å². The molecule has 1 N–H and O–H groups in total. The highest BCUT2D eigenvalue weighted by molar-refractivity contribution is 7.15. The molecule has 1 amide bonds. The monoisotopic (exact) mass is 334 g/mol. The normalized spacial score (nSPS) is 18.0. The predicted molar refractivity (Wildman–Crippen MR) is 88.1 cm³/mol. The van der Waals surface area contributed by atoms with Gasteiger partial charge in [0.2, 0.25) is 11.0 Å². The zero-order chi connectivity index (χ0) is 16.2. The minimum atomic E-state index is -0.236. The van der Waals surface area contributed by atoms with Crippen LogP contribution in [0.3, 0.4) is 0 Å². The molecule has 2 aromatic rings. The summed E-state index contributed by atoms with van der Waals surface area (Å²) in [5.41, 5.74) is 1.01. The Bertz CT molecular complexity index is 673. The Morgan fingerprint density at radius 2 is 2.17 bits per heavy atom. The molecule has 1 aromatic heterocycles. The second-order valence-electron chi connectivity index (χ2n) is 5.68. The molecule has 23 heavy (non-hydrogen) atoms. The van der Waals surface area contributed by atoms with Gasteiger partial charge in [-0.25, -0.2) is 4.39 Å². The van der Waals surface area contributed by atoms with Crippen LogP contribution >= 0.6 is 11.3 Å². The quantitative estimate of drug-likeness (QED) is 0.931. The van der Waals surface area contributed by atoms with E-state index in [1.54, 1.807) is 19.2 Å². The summed E-state index contributed by atoms with van der Waals surface area (Å²) in [7, 11) is 1.67. The average molecular weight is 334 g/mol. The molecule has 0 bridgehead atoms. The van der Waals surface area contributed by atoms with Crippen LogP contribution < -0.4 is 10.2 Å². The van der Waals surface area contributed by atoms with Crippen molar-refractivity contribution in [1.29, 1.82) is 0 Å². The summed E-state index contributed by atoms with van der Waals surface area (Å²) in [6, 6.07) is 6.43. The highest BCUT2D eigenvalue weighted by Crippen LogP contribution is 2.27. The molecule has 0 spiro atoms. The number of nitrogens with zero attached hydrogens (tertiary/aromatic N) is 3. The van der Waals surface area contributed by atoms with Gasteiger partial charge in [-0.1, -0.05) is 23.5 Å². The third-order valence-electron chi connectivity index (χ3n) is 4.03. The van der Waals surface area contributed by atoms with Gasteiger partial charge >= 0.3 is 0 Å². The summed E-state index contributed by atoms with van der Waals surface area (Å²) in [4.78, 5) is 14.0. The van der Waals surface area contributed by atoms with Gasteiger partial charge in [0.05, 0.1) is 5.92 Å². The number of nitrogens with one attached hydrogen (secondary N) is 1. The molecule has 1 atom stereocenters. The zero-order valence-electron chi connectivity index (χ0n) is 13.0. The number of benzene rings is 1. The van der Waals surface area contributed by atoms with Crippen LogP contribution in [-0.2, 0) is 11.2 Å².